The zero-order valence-corrected chi connectivity index (χ0v) is 12.9. The molecule has 0 radical (unpaired) electrons. The van der Waals surface area contributed by atoms with Gasteiger partial charge in [0.25, 0.3) is 0 Å². The minimum Gasteiger partial charge on any atom is -0.207 e. The molecule has 2 aromatic rings. The van der Waals surface area contributed by atoms with Gasteiger partial charge in [0, 0.05) is 21.3 Å². The molecule has 1 aromatic heterocycles. The van der Waals surface area contributed by atoms with Gasteiger partial charge in [0.2, 0.25) is 10.0 Å². The van der Waals surface area contributed by atoms with Gasteiger partial charge in [0.1, 0.15) is 0 Å². The first-order valence-corrected chi connectivity index (χ1v) is 8.43. The third kappa shape index (κ3) is 3.20. The molecule has 1 aromatic carbocycles. The monoisotopic (exact) mass is 345 g/mol. The number of hydrogen-bond acceptors (Lipinski definition) is 3. The van der Waals surface area contributed by atoms with Crippen LogP contribution in [0.5, 0.6) is 0 Å². The summed E-state index contributed by atoms with van der Waals surface area (Å²) in [4.78, 5) is 1.31. The van der Waals surface area contributed by atoms with Crippen molar-refractivity contribution in [1.29, 1.82) is 0 Å². The zero-order valence-electron chi connectivity index (χ0n) is 9.68. The average Bonchev–Trinajstić information content (AvgIpc) is 2.73. The zero-order chi connectivity index (χ0) is 13.2. The van der Waals surface area contributed by atoms with Crippen LogP contribution in [0.1, 0.15) is 10.4 Å². The van der Waals surface area contributed by atoms with Gasteiger partial charge >= 0.3 is 0 Å². The van der Waals surface area contributed by atoms with Gasteiger partial charge in [-0.05, 0) is 40.5 Å². The highest BCUT2D eigenvalue weighted by atomic mass is 79.9. The normalized spacial score (nSPS) is 11.7. The van der Waals surface area contributed by atoms with Gasteiger partial charge in [-0.3, -0.25) is 0 Å². The number of sulfonamides is 1. The highest BCUT2D eigenvalue weighted by molar-refractivity contribution is 9.10. The minimum absolute atomic E-state index is 0.312. The van der Waals surface area contributed by atoms with Gasteiger partial charge in [-0.1, -0.05) is 18.2 Å². The molecule has 0 amide bonds. The van der Waals surface area contributed by atoms with Crippen molar-refractivity contribution in [2.75, 3.05) is 0 Å². The maximum Gasteiger partial charge on any atom is 0.241 e. The molecule has 0 saturated heterocycles. The molecule has 1 N–H and O–H groups in total. The van der Waals surface area contributed by atoms with E-state index in [0.29, 0.717) is 11.4 Å². The van der Waals surface area contributed by atoms with Crippen LogP contribution in [-0.4, -0.2) is 8.42 Å². The molecular weight excluding hydrogens is 334 g/mol. The van der Waals surface area contributed by atoms with Crippen molar-refractivity contribution in [2.24, 2.45) is 0 Å². The van der Waals surface area contributed by atoms with Gasteiger partial charge < -0.3 is 0 Å². The van der Waals surface area contributed by atoms with Crippen molar-refractivity contribution < 1.29 is 8.42 Å². The van der Waals surface area contributed by atoms with Crippen LogP contribution < -0.4 is 4.72 Å². The number of nitrogens with one attached hydrogen (secondary N) is 1. The van der Waals surface area contributed by atoms with Gasteiger partial charge in [-0.25, -0.2) is 13.1 Å². The van der Waals surface area contributed by atoms with Crippen LogP contribution in [0.4, 0.5) is 0 Å². The standard InChI is InChI=1S/C12H12BrNO2S2/c1-9-4-2-3-5-12(9)18(15,16)14-7-11-6-10(13)8-17-11/h2-6,8,14H,7H2,1H3. The molecule has 0 spiro atoms. The Morgan fingerprint density at radius 3 is 2.67 bits per heavy atom. The summed E-state index contributed by atoms with van der Waals surface area (Å²) in [6.07, 6.45) is 0. The Kier molecular flexibility index (Phi) is 4.21. The van der Waals surface area contributed by atoms with Crippen molar-refractivity contribution in [3.8, 4) is 0 Å². The molecule has 0 aliphatic carbocycles. The molecule has 0 atom stereocenters. The van der Waals surface area contributed by atoms with E-state index in [-0.39, 0.29) is 0 Å². The number of thiophene rings is 1. The van der Waals surface area contributed by atoms with Crippen LogP contribution in [-0.2, 0) is 16.6 Å². The number of hydrogen-bond donors (Lipinski definition) is 1. The molecule has 3 nitrogen and oxygen atoms in total. The molecule has 2 rings (SSSR count). The summed E-state index contributed by atoms with van der Waals surface area (Å²) in [5, 5.41) is 1.93. The molecule has 0 aliphatic heterocycles. The molecule has 0 aliphatic rings. The van der Waals surface area contributed by atoms with Gasteiger partial charge in [-0.15, -0.1) is 11.3 Å². The van der Waals surface area contributed by atoms with E-state index < -0.39 is 10.0 Å². The first kappa shape index (κ1) is 13.7. The molecule has 0 saturated carbocycles. The quantitative estimate of drug-likeness (QED) is 0.923. The second-order valence-corrected chi connectivity index (χ2v) is 7.47. The Bertz CT molecular complexity index is 650. The molecule has 0 bridgehead atoms. The SMILES string of the molecule is Cc1ccccc1S(=O)(=O)NCc1cc(Br)cs1. The third-order valence-corrected chi connectivity index (χ3v) is 5.70. The molecule has 0 fully saturated rings. The Hall–Kier alpha value is -0.690. The topological polar surface area (TPSA) is 46.2 Å². The summed E-state index contributed by atoms with van der Waals surface area (Å²) in [6.45, 7) is 2.10. The maximum atomic E-state index is 12.1. The van der Waals surface area contributed by atoms with Crippen LogP contribution in [0.25, 0.3) is 0 Å². The van der Waals surface area contributed by atoms with Crippen molar-refractivity contribution in [1.82, 2.24) is 4.72 Å². The average molecular weight is 346 g/mol. The fourth-order valence-corrected chi connectivity index (χ4v) is 4.28. The summed E-state index contributed by atoms with van der Waals surface area (Å²) in [5.74, 6) is 0. The van der Waals surface area contributed by atoms with Crippen molar-refractivity contribution in [3.05, 3.63) is 50.6 Å². The van der Waals surface area contributed by atoms with Gasteiger partial charge in [-0.2, -0.15) is 0 Å². The first-order chi connectivity index (χ1) is 8.49. The van der Waals surface area contributed by atoms with Crippen LogP contribution in [0, 0.1) is 6.92 Å². The molecule has 96 valence electrons. The predicted octanol–water partition coefficient (Wildman–Crippen LogP) is 3.30. The van der Waals surface area contributed by atoms with E-state index in [1.54, 1.807) is 25.1 Å². The summed E-state index contributed by atoms with van der Waals surface area (Å²) in [7, 11) is -3.44. The summed E-state index contributed by atoms with van der Waals surface area (Å²) >= 11 is 4.86. The fourth-order valence-electron chi connectivity index (χ4n) is 1.55. The Balaban J connectivity index is 2.16. The fraction of sp³-hybridized carbons (Fsp3) is 0.167. The summed E-state index contributed by atoms with van der Waals surface area (Å²) < 4.78 is 27.8. The third-order valence-electron chi connectivity index (χ3n) is 2.44. The lowest BCUT2D eigenvalue weighted by molar-refractivity contribution is 0.581. The number of aryl methyl sites for hydroxylation is 1. The molecule has 1 heterocycles. The smallest absolute Gasteiger partial charge is 0.207 e. The lowest BCUT2D eigenvalue weighted by Crippen LogP contribution is -2.23. The van der Waals surface area contributed by atoms with Crippen molar-refractivity contribution in [3.63, 3.8) is 0 Å². The van der Waals surface area contributed by atoms with Crippen LogP contribution in [0.2, 0.25) is 0 Å². The summed E-state index contributed by atoms with van der Waals surface area (Å²) in [6, 6.07) is 8.86. The summed E-state index contributed by atoms with van der Waals surface area (Å²) in [5.41, 5.74) is 0.748. The first-order valence-electron chi connectivity index (χ1n) is 5.27. The Morgan fingerprint density at radius 2 is 2.06 bits per heavy atom. The van der Waals surface area contributed by atoms with E-state index in [0.717, 1.165) is 14.9 Å². The highest BCUT2D eigenvalue weighted by Crippen LogP contribution is 2.20. The van der Waals surface area contributed by atoms with E-state index in [2.05, 4.69) is 20.7 Å². The minimum atomic E-state index is -3.44. The molecular formula is C12H12BrNO2S2. The number of rotatable bonds is 4. The highest BCUT2D eigenvalue weighted by Gasteiger charge is 2.15. The maximum absolute atomic E-state index is 12.1. The van der Waals surface area contributed by atoms with E-state index in [1.165, 1.54) is 11.3 Å². The van der Waals surface area contributed by atoms with Crippen molar-refractivity contribution >= 4 is 37.3 Å². The Morgan fingerprint density at radius 1 is 1.33 bits per heavy atom. The van der Waals surface area contributed by atoms with E-state index in [9.17, 15) is 8.42 Å². The Labute approximate surface area is 119 Å². The predicted molar refractivity (Wildman–Crippen MR) is 77.2 cm³/mol. The van der Waals surface area contributed by atoms with E-state index in [1.807, 2.05) is 17.5 Å². The van der Waals surface area contributed by atoms with Crippen LogP contribution in [0.3, 0.4) is 0 Å². The number of benzene rings is 1. The molecule has 0 unspecified atom stereocenters. The van der Waals surface area contributed by atoms with E-state index >= 15 is 0 Å². The van der Waals surface area contributed by atoms with E-state index in [4.69, 9.17) is 0 Å². The second-order valence-electron chi connectivity index (χ2n) is 3.82. The molecule has 6 heteroatoms. The van der Waals surface area contributed by atoms with Gasteiger partial charge in [0.15, 0.2) is 0 Å². The molecule has 18 heavy (non-hydrogen) atoms. The lowest BCUT2D eigenvalue weighted by Gasteiger charge is -2.07. The largest absolute Gasteiger partial charge is 0.241 e. The second kappa shape index (κ2) is 5.52. The van der Waals surface area contributed by atoms with Crippen molar-refractivity contribution in [2.45, 2.75) is 18.4 Å². The van der Waals surface area contributed by atoms with Crippen LogP contribution in [0.15, 0.2) is 45.1 Å². The van der Waals surface area contributed by atoms with Crippen LogP contribution >= 0.6 is 27.3 Å². The number of halogens is 1. The van der Waals surface area contributed by atoms with Gasteiger partial charge in [0.05, 0.1) is 4.90 Å². The lowest BCUT2D eigenvalue weighted by atomic mass is 10.2.